The summed E-state index contributed by atoms with van der Waals surface area (Å²) in [7, 11) is 0. The van der Waals surface area contributed by atoms with Gasteiger partial charge in [0.2, 0.25) is 11.8 Å². The van der Waals surface area contributed by atoms with Crippen LogP contribution < -0.4 is 5.32 Å². The maximum atomic E-state index is 11.8. The highest BCUT2D eigenvalue weighted by molar-refractivity contribution is 5.86. The topological polar surface area (TPSA) is 58.6 Å². The lowest BCUT2D eigenvalue weighted by atomic mass is 10.2. The lowest BCUT2D eigenvalue weighted by molar-refractivity contribution is -0.141. The van der Waals surface area contributed by atoms with E-state index in [0.29, 0.717) is 19.7 Å². The van der Waals surface area contributed by atoms with Crippen molar-refractivity contribution in [1.29, 1.82) is 0 Å². The number of hydrogen-bond acceptors (Lipinski definition) is 3. The molecule has 0 spiro atoms. The van der Waals surface area contributed by atoms with E-state index in [2.05, 4.69) is 5.32 Å². The smallest absolute Gasteiger partial charge is 0.245 e. The molecule has 2 amide bonds. The standard InChI is InChI=1S/C10H18N2O3/c1-7-6-12(4-5-15-7)10(14)8(2)11-9(3)13/h7-8H,4-6H2,1-3H3,(H,11,13)/t7-,8?/m0/s1. The van der Waals surface area contributed by atoms with Gasteiger partial charge in [-0.1, -0.05) is 0 Å². The molecule has 5 nitrogen and oxygen atoms in total. The fraction of sp³-hybridized carbons (Fsp3) is 0.800. The van der Waals surface area contributed by atoms with Crippen molar-refractivity contribution >= 4 is 11.8 Å². The SMILES string of the molecule is CC(=O)NC(C)C(=O)N1CCO[C@@H](C)C1. The lowest BCUT2D eigenvalue weighted by Crippen LogP contribution is -2.51. The minimum absolute atomic E-state index is 0.0413. The minimum Gasteiger partial charge on any atom is -0.375 e. The Labute approximate surface area is 89.8 Å². The predicted molar refractivity (Wildman–Crippen MR) is 55.3 cm³/mol. The van der Waals surface area contributed by atoms with E-state index in [9.17, 15) is 9.59 Å². The third-order valence-electron chi connectivity index (χ3n) is 2.34. The third-order valence-corrected chi connectivity index (χ3v) is 2.34. The summed E-state index contributed by atoms with van der Waals surface area (Å²) in [6, 6.07) is -0.451. The second-order valence-electron chi connectivity index (χ2n) is 3.89. The number of carbonyl (C=O) groups excluding carboxylic acids is 2. The van der Waals surface area contributed by atoms with Crippen molar-refractivity contribution in [2.45, 2.75) is 32.9 Å². The van der Waals surface area contributed by atoms with Gasteiger partial charge in [-0.2, -0.15) is 0 Å². The van der Waals surface area contributed by atoms with Crippen LogP contribution in [0.4, 0.5) is 0 Å². The van der Waals surface area contributed by atoms with Crippen molar-refractivity contribution in [1.82, 2.24) is 10.2 Å². The van der Waals surface area contributed by atoms with Crippen molar-refractivity contribution in [3.05, 3.63) is 0 Å². The van der Waals surface area contributed by atoms with Crippen LogP contribution in [0.1, 0.15) is 20.8 Å². The molecule has 1 aliphatic rings. The average Bonchev–Trinajstić information content (AvgIpc) is 2.15. The van der Waals surface area contributed by atoms with E-state index in [4.69, 9.17) is 4.74 Å². The molecule has 0 radical (unpaired) electrons. The highest BCUT2D eigenvalue weighted by Gasteiger charge is 2.25. The molecule has 2 atom stereocenters. The van der Waals surface area contributed by atoms with E-state index in [1.807, 2.05) is 6.92 Å². The molecule has 1 N–H and O–H groups in total. The second-order valence-corrected chi connectivity index (χ2v) is 3.89. The van der Waals surface area contributed by atoms with Gasteiger partial charge in [-0.15, -0.1) is 0 Å². The van der Waals surface area contributed by atoms with Crippen LogP contribution in [0, 0.1) is 0 Å². The Balaban J connectivity index is 2.47. The molecule has 0 aromatic carbocycles. The van der Waals surface area contributed by atoms with Gasteiger partial charge in [0.25, 0.3) is 0 Å². The number of carbonyl (C=O) groups is 2. The molecule has 1 unspecified atom stereocenters. The molecule has 1 fully saturated rings. The first-order valence-electron chi connectivity index (χ1n) is 5.18. The summed E-state index contributed by atoms with van der Waals surface area (Å²) in [4.78, 5) is 24.4. The zero-order valence-corrected chi connectivity index (χ0v) is 9.45. The molecule has 15 heavy (non-hydrogen) atoms. The van der Waals surface area contributed by atoms with Crippen LogP contribution in [0.5, 0.6) is 0 Å². The van der Waals surface area contributed by atoms with E-state index in [0.717, 1.165) is 0 Å². The van der Waals surface area contributed by atoms with Gasteiger partial charge < -0.3 is 15.0 Å². The molecule has 1 heterocycles. The zero-order valence-electron chi connectivity index (χ0n) is 9.45. The maximum absolute atomic E-state index is 11.8. The molecular formula is C10H18N2O3. The largest absolute Gasteiger partial charge is 0.375 e. The maximum Gasteiger partial charge on any atom is 0.245 e. The van der Waals surface area contributed by atoms with Gasteiger partial charge in [0.15, 0.2) is 0 Å². The molecule has 1 saturated heterocycles. The van der Waals surface area contributed by atoms with Gasteiger partial charge in [0.1, 0.15) is 6.04 Å². The summed E-state index contributed by atoms with van der Waals surface area (Å²) in [6.07, 6.45) is 0.0761. The van der Waals surface area contributed by atoms with Crippen molar-refractivity contribution in [2.75, 3.05) is 19.7 Å². The van der Waals surface area contributed by atoms with Crippen molar-refractivity contribution < 1.29 is 14.3 Å². The number of ether oxygens (including phenoxy) is 1. The zero-order chi connectivity index (χ0) is 11.4. The molecule has 0 aromatic rings. The average molecular weight is 214 g/mol. The molecule has 0 bridgehead atoms. The van der Waals surface area contributed by atoms with E-state index in [-0.39, 0.29) is 17.9 Å². The number of amides is 2. The molecule has 1 aliphatic heterocycles. The Kier molecular flexibility index (Phi) is 4.08. The Hall–Kier alpha value is -1.10. The molecule has 0 aliphatic carbocycles. The van der Waals surface area contributed by atoms with Gasteiger partial charge in [0.05, 0.1) is 12.7 Å². The van der Waals surface area contributed by atoms with Gasteiger partial charge in [-0.25, -0.2) is 0 Å². The first-order chi connectivity index (χ1) is 7.00. The number of nitrogens with one attached hydrogen (secondary N) is 1. The molecule has 1 rings (SSSR count). The Bertz CT molecular complexity index is 255. The molecule has 0 aromatic heterocycles. The van der Waals surface area contributed by atoms with E-state index < -0.39 is 6.04 Å². The van der Waals surface area contributed by atoms with Crippen molar-refractivity contribution in [3.63, 3.8) is 0 Å². The van der Waals surface area contributed by atoms with Gasteiger partial charge in [0, 0.05) is 20.0 Å². The summed E-state index contributed by atoms with van der Waals surface area (Å²) >= 11 is 0. The van der Waals surface area contributed by atoms with E-state index >= 15 is 0 Å². The summed E-state index contributed by atoms with van der Waals surface area (Å²) in [5.74, 6) is -0.225. The third kappa shape index (κ3) is 3.51. The predicted octanol–water partition coefficient (Wildman–Crippen LogP) is -0.242. The normalized spacial score (nSPS) is 23.4. The Morgan fingerprint density at radius 3 is 2.73 bits per heavy atom. The number of morpholine rings is 1. The van der Waals surface area contributed by atoms with Crippen LogP contribution in [0.15, 0.2) is 0 Å². The van der Waals surface area contributed by atoms with Crippen LogP contribution in [0.3, 0.4) is 0 Å². The van der Waals surface area contributed by atoms with Crippen LogP contribution in [-0.2, 0) is 14.3 Å². The molecule has 0 saturated carbocycles. The van der Waals surface area contributed by atoms with Crippen LogP contribution in [-0.4, -0.2) is 48.6 Å². The highest BCUT2D eigenvalue weighted by Crippen LogP contribution is 2.06. The number of hydrogen-bond donors (Lipinski definition) is 1. The molecular weight excluding hydrogens is 196 g/mol. The summed E-state index contributed by atoms with van der Waals surface area (Å²) in [5.41, 5.74) is 0. The highest BCUT2D eigenvalue weighted by atomic mass is 16.5. The summed E-state index contributed by atoms with van der Waals surface area (Å²) < 4.78 is 5.34. The molecule has 86 valence electrons. The number of rotatable bonds is 2. The minimum atomic E-state index is -0.451. The Morgan fingerprint density at radius 1 is 1.53 bits per heavy atom. The fourth-order valence-electron chi connectivity index (χ4n) is 1.66. The van der Waals surface area contributed by atoms with Gasteiger partial charge >= 0.3 is 0 Å². The van der Waals surface area contributed by atoms with Crippen molar-refractivity contribution in [2.24, 2.45) is 0 Å². The fourth-order valence-corrected chi connectivity index (χ4v) is 1.66. The van der Waals surface area contributed by atoms with Crippen molar-refractivity contribution in [3.8, 4) is 0 Å². The monoisotopic (exact) mass is 214 g/mol. The first kappa shape index (κ1) is 12.0. The molecule has 5 heteroatoms. The summed E-state index contributed by atoms with van der Waals surface area (Å²) in [6.45, 7) is 6.81. The number of nitrogens with zero attached hydrogens (tertiary/aromatic N) is 1. The second kappa shape index (κ2) is 5.11. The lowest BCUT2D eigenvalue weighted by Gasteiger charge is -2.32. The van der Waals surface area contributed by atoms with E-state index in [1.54, 1.807) is 11.8 Å². The van der Waals surface area contributed by atoms with Crippen LogP contribution in [0.25, 0.3) is 0 Å². The van der Waals surface area contributed by atoms with Gasteiger partial charge in [-0.05, 0) is 13.8 Å². The quantitative estimate of drug-likeness (QED) is 0.690. The Morgan fingerprint density at radius 2 is 2.20 bits per heavy atom. The van der Waals surface area contributed by atoms with E-state index in [1.165, 1.54) is 6.92 Å². The first-order valence-corrected chi connectivity index (χ1v) is 5.18. The van der Waals surface area contributed by atoms with Gasteiger partial charge in [-0.3, -0.25) is 9.59 Å². The summed E-state index contributed by atoms with van der Waals surface area (Å²) in [5, 5.41) is 2.58. The van der Waals surface area contributed by atoms with Crippen LogP contribution >= 0.6 is 0 Å². The van der Waals surface area contributed by atoms with Crippen LogP contribution in [0.2, 0.25) is 0 Å².